The van der Waals surface area contributed by atoms with E-state index < -0.39 is 0 Å². The van der Waals surface area contributed by atoms with Gasteiger partial charge in [-0.15, -0.1) is 0 Å². The third-order valence-corrected chi connectivity index (χ3v) is 4.22. The highest BCUT2D eigenvalue weighted by atomic mass is 16.2. The third kappa shape index (κ3) is 3.75. The molecule has 1 saturated carbocycles. The molecule has 3 nitrogen and oxygen atoms in total. The van der Waals surface area contributed by atoms with E-state index in [1.807, 2.05) is 36.1 Å². The first-order valence-electron chi connectivity index (χ1n) is 7.89. The summed E-state index contributed by atoms with van der Waals surface area (Å²) in [4.78, 5) is 14.7. The van der Waals surface area contributed by atoms with Crippen molar-refractivity contribution in [1.82, 2.24) is 0 Å². The average molecular weight is 274 g/mol. The van der Waals surface area contributed by atoms with Gasteiger partial charge in [0.25, 0.3) is 0 Å². The molecular weight excluding hydrogens is 248 g/mol. The van der Waals surface area contributed by atoms with Gasteiger partial charge in [0.1, 0.15) is 0 Å². The lowest BCUT2D eigenvalue weighted by Gasteiger charge is -2.27. The summed E-state index contributed by atoms with van der Waals surface area (Å²) in [7, 11) is 0. The molecule has 1 aliphatic carbocycles. The molecule has 2 N–H and O–H groups in total. The van der Waals surface area contributed by atoms with Crippen molar-refractivity contribution < 1.29 is 4.79 Å². The van der Waals surface area contributed by atoms with E-state index in [1.165, 1.54) is 32.1 Å². The fraction of sp³-hybridized carbons (Fsp3) is 0.588. The Bertz CT molecular complexity index is 436. The molecule has 0 radical (unpaired) electrons. The van der Waals surface area contributed by atoms with Crippen molar-refractivity contribution in [2.75, 3.05) is 17.2 Å². The molecule has 0 aliphatic heterocycles. The first-order chi connectivity index (χ1) is 9.72. The molecule has 0 aromatic heterocycles. The van der Waals surface area contributed by atoms with Crippen molar-refractivity contribution in [1.29, 1.82) is 0 Å². The lowest BCUT2D eigenvalue weighted by molar-refractivity contribution is -0.122. The molecule has 1 fully saturated rings. The minimum Gasteiger partial charge on any atom is -0.399 e. The number of amides is 1. The normalized spacial score (nSPS) is 17.2. The number of hydrogen-bond donors (Lipinski definition) is 1. The summed E-state index contributed by atoms with van der Waals surface area (Å²) >= 11 is 0. The lowest BCUT2D eigenvalue weighted by atomic mass is 9.90. The zero-order valence-electron chi connectivity index (χ0n) is 12.5. The van der Waals surface area contributed by atoms with Gasteiger partial charge in [0.05, 0.1) is 0 Å². The van der Waals surface area contributed by atoms with Crippen LogP contribution in [0.1, 0.15) is 51.9 Å². The largest absolute Gasteiger partial charge is 0.399 e. The van der Waals surface area contributed by atoms with Crippen molar-refractivity contribution in [2.45, 2.75) is 51.9 Å². The molecule has 1 aromatic carbocycles. The third-order valence-electron chi connectivity index (χ3n) is 4.22. The van der Waals surface area contributed by atoms with Crippen LogP contribution in [0.15, 0.2) is 24.3 Å². The second kappa shape index (κ2) is 7.32. The predicted octanol–water partition coefficient (Wildman–Crippen LogP) is 3.98. The van der Waals surface area contributed by atoms with E-state index in [2.05, 4.69) is 0 Å². The molecule has 0 bridgehead atoms. The Kier molecular flexibility index (Phi) is 5.45. The van der Waals surface area contributed by atoms with Gasteiger partial charge in [-0.25, -0.2) is 0 Å². The molecule has 0 heterocycles. The summed E-state index contributed by atoms with van der Waals surface area (Å²) in [6, 6.07) is 7.64. The highest BCUT2D eigenvalue weighted by molar-refractivity contribution is 5.95. The Morgan fingerprint density at radius 1 is 1.20 bits per heavy atom. The van der Waals surface area contributed by atoms with Crippen LogP contribution in [0.3, 0.4) is 0 Å². The standard InChI is InChI=1S/C17H26N2O/c1-2-19(16-12-8-11-15(18)13-16)17(20)14-9-6-4-3-5-7-10-14/h8,11-14H,2-7,9-10,18H2,1H3. The number of nitrogen functional groups attached to an aromatic ring is 1. The SMILES string of the molecule is CCN(C(=O)C1CCCCCCC1)c1cccc(N)c1. The quantitative estimate of drug-likeness (QED) is 0.847. The first-order valence-corrected chi connectivity index (χ1v) is 7.89. The topological polar surface area (TPSA) is 46.3 Å². The van der Waals surface area contributed by atoms with Crippen LogP contribution in [-0.4, -0.2) is 12.5 Å². The number of carbonyl (C=O) groups is 1. The molecule has 1 aliphatic rings. The van der Waals surface area contributed by atoms with Gasteiger partial charge in [-0.05, 0) is 38.0 Å². The number of nitrogens with two attached hydrogens (primary N) is 1. The van der Waals surface area contributed by atoms with Crippen molar-refractivity contribution in [2.24, 2.45) is 5.92 Å². The Balaban J connectivity index is 2.11. The van der Waals surface area contributed by atoms with Crippen LogP contribution in [0.2, 0.25) is 0 Å². The minimum absolute atomic E-state index is 0.191. The minimum atomic E-state index is 0.191. The van der Waals surface area contributed by atoms with Crippen LogP contribution in [0.4, 0.5) is 11.4 Å². The van der Waals surface area contributed by atoms with Crippen molar-refractivity contribution >= 4 is 17.3 Å². The van der Waals surface area contributed by atoms with Crippen molar-refractivity contribution in [3.63, 3.8) is 0 Å². The Morgan fingerprint density at radius 2 is 1.85 bits per heavy atom. The number of nitrogens with zero attached hydrogens (tertiary/aromatic N) is 1. The first kappa shape index (κ1) is 14.9. The van der Waals surface area contributed by atoms with Gasteiger partial charge in [0.2, 0.25) is 5.91 Å². The molecule has 110 valence electrons. The van der Waals surface area contributed by atoms with Crippen LogP contribution < -0.4 is 10.6 Å². The summed E-state index contributed by atoms with van der Waals surface area (Å²) < 4.78 is 0. The van der Waals surface area contributed by atoms with Gasteiger partial charge >= 0.3 is 0 Å². The smallest absolute Gasteiger partial charge is 0.230 e. The van der Waals surface area contributed by atoms with Crippen LogP contribution in [-0.2, 0) is 4.79 Å². The maximum absolute atomic E-state index is 12.8. The van der Waals surface area contributed by atoms with E-state index >= 15 is 0 Å². The van der Waals surface area contributed by atoms with Crippen LogP contribution in [0, 0.1) is 5.92 Å². The van der Waals surface area contributed by atoms with Crippen LogP contribution in [0.5, 0.6) is 0 Å². The summed E-state index contributed by atoms with van der Waals surface area (Å²) in [5.41, 5.74) is 7.48. The second-order valence-electron chi connectivity index (χ2n) is 5.72. The highest BCUT2D eigenvalue weighted by Crippen LogP contribution is 2.27. The monoisotopic (exact) mass is 274 g/mol. The van der Waals surface area contributed by atoms with E-state index in [0.29, 0.717) is 12.2 Å². The van der Waals surface area contributed by atoms with Crippen LogP contribution >= 0.6 is 0 Å². The molecule has 2 rings (SSSR count). The Labute approximate surface area is 122 Å². The second-order valence-corrected chi connectivity index (χ2v) is 5.72. The summed E-state index contributed by atoms with van der Waals surface area (Å²) in [6.45, 7) is 2.74. The van der Waals surface area contributed by atoms with Gasteiger partial charge in [-0.2, -0.15) is 0 Å². The molecule has 0 unspecified atom stereocenters. The van der Waals surface area contributed by atoms with Gasteiger partial charge < -0.3 is 10.6 Å². The zero-order chi connectivity index (χ0) is 14.4. The highest BCUT2D eigenvalue weighted by Gasteiger charge is 2.24. The van der Waals surface area contributed by atoms with Crippen molar-refractivity contribution in [3.05, 3.63) is 24.3 Å². The number of carbonyl (C=O) groups excluding carboxylic acids is 1. The molecule has 3 heteroatoms. The van der Waals surface area contributed by atoms with Crippen LogP contribution in [0.25, 0.3) is 0 Å². The number of rotatable bonds is 3. The summed E-state index contributed by atoms with van der Waals surface area (Å²) in [6.07, 6.45) is 8.32. The Hall–Kier alpha value is -1.51. The zero-order valence-corrected chi connectivity index (χ0v) is 12.5. The van der Waals surface area contributed by atoms with Crippen molar-refractivity contribution in [3.8, 4) is 0 Å². The number of benzene rings is 1. The average Bonchev–Trinajstić information content (AvgIpc) is 2.39. The maximum atomic E-state index is 12.8. The van der Waals surface area contributed by atoms with E-state index in [-0.39, 0.29) is 11.8 Å². The van der Waals surface area contributed by atoms with Gasteiger partial charge in [-0.1, -0.05) is 38.2 Å². The van der Waals surface area contributed by atoms with Gasteiger partial charge in [-0.3, -0.25) is 4.79 Å². The fourth-order valence-corrected chi connectivity index (χ4v) is 3.08. The predicted molar refractivity (Wildman–Crippen MR) is 84.7 cm³/mol. The molecule has 0 saturated heterocycles. The Morgan fingerprint density at radius 3 is 2.45 bits per heavy atom. The lowest BCUT2D eigenvalue weighted by Crippen LogP contribution is -2.36. The summed E-state index contributed by atoms with van der Waals surface area (Å²) in [5, 5.41) is 0. The number of anilines is 2. The van der Waals surface area contributed by atoms with E-state index in [0.717, 1.165) is 18.5 Å². The molecular formula is C17H26N2O. The molecule has 1 amide bonds. The van der Waals surface area contributed by atoms with E-state index in [1.54, 1.807) is 0 Å². The summed E-state index contributed by atoms with van der Waals surface area (Å²) in [5.74, 6) is 0.469. The number of hydrogen-bond acceptors (Lipinski definition) is 2. The molecule has 0 atom stereocenters. The molecule has 0 spiro atoms. The fourth-order valence-electron chi connectivity index (χ4n) is 3.08. The molecule has 1 aromatic rings. The maximum Gasteiger partial charge on any atom is 0.230 e. The van der Waals surface area contributed by atoms with Gasteiger partial charge in [0.15, 0.2) is 0 Å². The van der Waals surface area contributed by atoms with Gasteiger partial charge in [0, 0.05) is 23.8 Å². The van der Waals surface area contributed by atoms with E-state index in [4.69, 9.17) is 5.73 Å². The molecule has 20 heavy (non-hydrogen) atoms. The van der Waals surface area contributed by atoms with E-state index in [9.17, 15) is 4.79 Å².